The highest BCUT2D eigenvalue weighted by molar-refractivity contribution is 7.17. The Morgan fingerprint density at radius 1 is 1.12 bits per heavy atom. The fourth-order valence-corrected chi connectivity index (χ4v) is 4.86. The number of para-hydroxylation sites is 1. The molecule has 0 aliphatic carbocycles. The summed E-state index contributed by atoms with van der Waals surface area (Å²) in [5.74, 6) is 0.0613. The second-order valence-corrected chi connectivity index (χ2v) is 9.17. The van der Waals surface area contributed by atoms with Crippen LogP contribution < -0.4 is 10.9 Å². The molecular weight excluding hydrogens is 418 g/mol. The van der Waals surface area contributed by atoms with E-state index in [0.29, 0.717) is 16.6 Å². The summed E-state index contributed by atoms with van der Waals surface area (Å²) < 4.78 is 1.47. The van der Waals surface area contributed by atoms with E-state index in [-0.39, 0.29) is 17.4 Å². The van der Waals surface area contributed by atoms with E-state index in [1.165, 1.54) is 22.2 Å². The smallest absolute Gasteiger partial charge is 0.263 e. The highest BCUT2D eigenvalue weighted by Gasteiger charge is 2.23. The molecule has 0 aliphatic rings. The first-order valence-electron chi connectivity index (χ1n) is 10.9. The molecule has 0 saturated heterocycles. The van der Waals surface area contributed by atoms with Gasteiger partial charge in [0, 0.05) is 16.6 Å². The van der Waals surface area contributed by atoms with Gasteiger partial charge < -0.3 is 5.32 Å². The number of hydrogen-bond acceptors (Lipinski definition) is 4. The standard InChI is InChI=1S/C26H27N3O2S/c1-5-22(24(30)28-21-9-7-6-8-19(21)16(2)3)29-15-27-25-23(26(29)31)20(14-32-25)18-12-10-17(4)11-13-18/h6-16,22H,5H2,1-4H3,(H,28,30). The van der Waals surface area contributed by atoms with Crippen molar-refractivity contribution >= 4 is 33.1 Å². The van der Waals surface area contributed by atoms with Crippen molar-refractivity contribution in [2.75, 3.05) is 5.32 Å². The van der Waals surface area contributed by atoms with E-state index in [1.807, 2.05) is 67.8 Å². The van der Waals surface area contributed by atoms with E-state index in [2.05, 4.69) is 24.1 Å². The molecule has 2 aromatic carbocycles. The van der Waals surface area contributed by atoms with E-state index in [0.717, 1.165) is 27.9 Å². The molecule has 6 heteroatoms. The van der Waals surface area contributed by atoms with E-state index >= 15 is 0 Å². The van der Waals surface area contributed by atoms with Crippen LogP contribution in [-0.4, -0.2) is 15.5 Å². The molecule has 0 bridgehead atoms. The lowest BCUT2D eigenvalue weighted by Gasteiger charge is -2.20. The molecule has 2 aromatic heterocycles. The number of nitrogens with zero attached hydrogens (tertiary/aromatic N) is 2. The third-order valence-electron chi connectivity index (χ3n) is 5.75. The van der Waals surface area contributed by atoms with E-state index in [4.69, 9.17) is 0 Å². The lowest BCUT2D eigenvalue weighted by molar-refractivity contribution is -0.119. The van der Waals surface area contributed by atoms with Crippen molar-refractivity contribution in [3.05, 3.63) is 81.7 Å². The number of nitrogens with one attached hydrogen (secondary N) is 1. The summed E-state index contributed by atoms with van der Waals surface area (Å²) in [4.78, 5) is 32.0. The summed E-state index contributed by atoms with van der Waals surface area (Å²) in [6.45, 7) is 8.12. The van der Waals surface area contributed by atoms with Crippen LogP contribution in [0.4, 0.5) is 5.69 Å². The Kier molecular flexibility index (Phi) is 6.24. The maximum atomic E-state index is 13.5. The first kappa shape index (κ1) is 22.0. The Labute approximate surface area is 191 Å². The minimum Gasteiger partial charge on any atom is -0.324 e. The molecule has 1 unspecified atom stereocenters. The number of aromatic nitrogens is 2. The van der Waals surface area contributed by atoms with E-state index in [1.54, 1.807) is 0 Å². The molecule has 1 amide bonds. The van der Waals surface area contributed by atoms with Crippen molar-refractivity contribution in [1.82, 2.24) is 9.55 Å². The molecule has 1 atom stereocenters. The average molecular weight is 446 g/mol. The number of carbonyl (C=O) groups is 1. The normalized spacial score (nSPS) is 12.3. The topological polar surface area (TPSA) is 64.0 Å². The molecule has 2 heterocycles. The first-order chi connectivity index (χ1) is 15.4. The van der Waals surface area contributed by atoms with Gasteiger partial charge in [-0.3, -0.25) is 14.2 Å². The van der Waals surface area contributed by atoms with Crippen LogP contribution >= 0.6 is 11.3 Å². The zero-order valence-corrected chi connectivity index (χ0v) is 19.6. The number of anilines is 1. The van der Waals surface area contributed by atoms with Gasteiger partial charge in [0.1, 0.15) is 10.9 Å². The van der Waals surface area contributed by atoms with Gasteiger partial charge in [-0.1, -0.05) is 68.8 Å². The predicted octanol–water partition coefficient (Wildman–Crippen LogP) is 6.15. The molecule has 4 aromatic rings. The summed E-state index contributed by atoms with van der Waals surface area (Å²) in [6.07, 6.45) is 1.98. The van der Waals surface area contributed by atoms with Crippen LogP contribution in [0, 0.1) is 6.92 Å². The van der Waals surface area contributed by atoms with Crippen LogP contribution in [0.15, 0.2) is 65.0 Å². The molecule has 1 N–H and O–H groups in total. The highest BCUT2D eigenvalue weighted by Crippen LogP contribution is 2.31. The monoisotopic (exact) mass is 445 g/mol. The molecule has 0 saturated carbocycles. The lowest BCUT2D eigenvalue weighted by atomic mass is 10.0. The number of amides is 1. The molecular formula is C26H27N3O2S. The van der Waals surface area contributed by atoms with Gasteiger partial charge in [-0.25, -0.2) is 4.98 Å². The third-order valence-corrected chi connectivity index (χ3v) is 6.63. The van der Waals surface area contributed by atoms with Gasteiger partial charge in [0.2, 0.25) is 5.91 Å². The van der Waals surface area contributed by atoms with Crippen LogP contribution in [0.3, 0.4) is 0 Å². The maximum Gasteiger partial charge on any atom is 0.263 e. The second-order valence-electron chi connectivity index (χ2n) is 8.31. The number of carbonyl (C=O) groups excluding carboxylic acids is 1. The fraction of sp³-hybridized carbons (Fsp3) is 0.269. The number of fused-ring (bicyclic) bond motifs is 1. The van der Waals surface area contributed by atoms with Crippen molar-refractivity contribution in [3.8, 4) is 11.1 Å². The molecule has 4 rings (SSSR count). The SMILES string of the molecule is CCC(C(=O)Nc1ccccc1C(C)C)n1cnc2scc(-c3ccc(C)cc3)c2c1=O. The molecule has 0 aliphatic heterocycles. The summed E-state index contributed by atoms with van der Waals surface area (Å²) in [5.41, 5.74) is 4.65. The second kappa shape index (κ2) is 9.09. The molecule has 5 nitrogen and oxygen atoms in total. The quantitative estimate of drug-likeness (QED) is 0.387. The zero-order chi connectivity index (χ0) is 22.8. The minimum absolute atomic E-state index is 0.189. The van der Waals surface area contributed by atoms with Gasteiger partial charge in [-0.05, 0) is 36.5 Å². The van der Waals surface area contributed by atoms with Crippen LogP contribution in [0.5, 0.6) is 0 Å². The summed E-state index contributed by atoms with van der Waals surface area (Å²) >= 11 is 1.45. The van der Waals surface area contributed by atoms with Crippen molar-refractivity contribution < 1.29 is 4.79 Å². The Morgan fingerprint density at radius 2 is 1.84 bits per heavy atom. The Morgan fingerprint density at radius 3 is 2.53 bits per heavy atom. The third kappa shape index (κ3) is 4.10. The van der Waals surface area contributed by atoms with Gasteiger partial charge in [0.05, 0.1) is 11.7 Å². The summed E-state index contributed by atoms with van der Waals surface area (Å²) in [5, 5.41) is 5.57. The number of thiophene rings is 1. The molecule has 0 radical (unpaired) electrons. The van der Waals surface area contributed by atoms with Crippen molar-refractivity contribution in [2.24, 2.45) is 0 Å². The largest absolute Gasteiger partial charge is 0.324 e. The zero-order valence-electron chi connectivity index (χ0n) is 18.8. The molecule has 32 heavy (non-hydrogen) atoms. The van der Waals surface area contributed by atoms with Gasteiger partial charge in [0.15, 0.2) is 0 Å². The minimum atomic E-state index is -0.648. The number of aryl methyl sites for hydroxylation is 1. The Hall–Kier alpha value is -3.25. The maximum absolute atomic E-state index is 13.5. The van der Waals surface area contributed by atoms with Crippen LogP contribution in [0.2, 0.25) is 0 Å². The first-order valence-corrected chi connectivity index (χ1v) is 11.7. The van der Waals surface area contributed by atoms with E-state index in [9.17, 15) is 9.59 Å². The van der Waals surface area contributed by atoms with E-state index < -0.39 is 6.04 Å². The van der Waals surface area contributed by atoms with Crippen LogP contribution in [0.25, 0.3) is 21.3 Å². The molecule has 164 valence electrons. The van der Waals surface area contributed by atoms with Gasteiger partial charge in [-0.2, -0.15) is 0 Å². The van der Waals surface area contributed by atoms with Gasteiger partial charge >= 0.3 is 0 Å². The average Bonchev–Trinajstić information content (AvgIpc) is 3.21. The molecule has 0 fully saturated rings. The Bertz CT molecular complexity index is 1320. The fourth-order valence-electron chi connectivity index (χ4n) is 3.95. The van der Waals surface area contributed by atoms with Crippen LogP contribution in [-0.2, 0) is 4.79 Å². The number of benzene rings is 2. The van der Waals surface area contributed by atoms with Crippen molar-refractivity contribution in [2.45, 2.75) is 46.1 Å². The highest BCUT2D eigenvalue weighted by atomic mass is 32.1. The Balaban J connectivity index is 1.74. The number of hydrogen-bond donors (Lipinski definition) is 1. The van der Waals surface area contributed by atoms with Crippen LogP contribution in [0.1, 0.15) is 50.3 Å². The lowest BCUT2D eigenvalue weighted by Crippen LogP contribution is -2.33. The van der Waals surface area contributed by atoms with Crippen molar-refractivity contribution in [1.29, 1.82) is 0 Å². The van der Waals surface area contributed by atoms with Gasteiger partial charge in [-0.15, -0.1) is 11.3 Å². The summed E-state index contributed by atoms with van der Waals surface area (Å²) in [6, 6.07) is 15.2. The van der Waals surface area contributed by atoms with Crippen molar-refractivity contribution in [3.63, 3.8) is 0 Å². The molecule has 0 spiro atoms. The number of rotatable bonds is 6. The predicted molar refractivity (Wildman–Crippen MR) is 133 cm³/mol. The van der Waals surface area contributed by atoms with Gasteiger partial charge in [0.25, 0.3) is 5.56 Å². The summed E-state index contributed by atoms with van der Waals surface area (Å²) in [7, 11) is 0.